The van der Waals surface area contributed by atoms with E-state index in [1.807, 2.05) is 0 Å². The Morgan fingerprint density at radius 3 is 2.00 bits per heavy atom. The molecule has 3 rings (SSSR count). The van der Waals surface area contributed by atoms with Crippen LogP contribution in [0.3, 0.4) is 0 Å². The fourth-order valence-electron chi connectivity index (χ4n) is 2.52. The molecule has 8 heteroatoms. The lowest BCUT2D eigenvalue weighted by atomic mass is 9.62. The Kier molecular flexibility index (Phi) is 3.15. The van der Waals surface area contributed by atoms with E-state index in [4.69, 9.17) is 0 Å². The number of hydrogen-bond donors (Lipinski definition) is 4. The second-order valence-corrected chi connectivity index (χ2v) is 4.41. The zero-order valence-corrected chi connectivity index (χ0v) is 10.3. The van der Waals surface area contributed by atoms with E-state index in [9.17, 15) is 20.1 Å². The molecule has 0 aliphatic rings. The molecule has 98 valence electrons. The average molecular weight is 268 g/mol. The van der Waals surface area contributed by atoms with Gasteiger partial charge in [0.25, 0.3) is 0 Å². The monoisotopic (exact) mass is 268 g/mol. The fraction of sp³-hybridized carbons (Fsp3) is 0. The molecule has 20 heavy (non-hydrogen) atoms. The normalized spacial score (nSPS) is 11.0. The Hall–Kier alpha value is -1.99. The van der Waals surface area contributed by atoms with Gasteiger partial charge in [0.15, 0.2) is 0 Å². The summed E-state index contributed by atoms with van der Waals surface area (Å²) in [5, 5.41) is 47.8. The highest BCUT2D eigenvalue weighted by Crippen LogP contribution is 2.20. The predicted molar refractivity (Wildman–Crippen MR) is 76.7 cm³/mol. The minimum absolute atomic E-state index is 0.0311. The summed E-state index contributed by atoms with van der Waals surface area (Å²) >= 11 is 0. The standard InChI is InChI=1S/C12H10B2N2O4/c17-13(18)10-7-3-1-2-4-8(7)12-9(5-6-15-16-12)11(10)14(19)20/h1-6,17-20H. The van der Waals surface area contributed by atoms with Crippen molar-refractivity contribution in [2.45, 2.75) is 0 Å². The third-order valence-corrected chi connectivity index (χ3v) is 3.29. The van der Waals surface area contributed by atoms with E-state index in [-0.39, 0.29) is 10.9 Å². The summed E-state index contributed by atoms with van der Waals surface area (Å²) in [6.45, 7) is 0. The molecule has 0 aliphatic carbocycles. The molecule has 0 spiro atoms. The maximum absolute atomic E-state index is 9.61. The van der Waals surface area contributed by atoms with Crippen molar-refractivity contribution >= 4 is 46.8 Å². The largest absolute Gasteiger partial charge is 0.488 e. The lowest BCUT2D eigenvalue weighted by Crippen LogP contribution is -2.50. The van der Waals surface area contributed by atoms with Gasteiger partial charge in [0.1, 0.15) is 5.52 Å². The zero-order chi connectivity index (χ0) is 14.3. The van der Waals surface area contributed by atoms with Crippen LogP contribution in [-0.4, -0.2) is 44.5 Å². The van der Waals surface area contributed by atoms with Gasteiger partial charge in [-0.1, -0.05) is 24.3 Å². The SMILES string of the molecule is OB(O)c1c(B(O)O)c2ccnnc2c2ccccc12. The smallest absolute Gasteiger partial charge is 0.423 e. The van der Waals surface area contributed by atoms with Gasteiger partial charge in [-0.05, 0) is 22.4 Å². The number of nitrogens with zero attached hydrogens (tertiary/aromatic N) is 2. The molecule has 1 heterocycles. The van der Waals surface area contributed by atoms with Crippen molar-refractivity contribution in [3.63, 3.8) is 0 Å². The van der Waals surface area contributed by atoms with Gasteiger partial charge in [0.2, 0.25) is 0 Å². The zero-order valence-electron chi connectivity index (χ0n) is 10.3. The molecular weight excluding hydrogens is 258 g/mol. The van der Waals surface area contributed by atoms with E-state index in [0.29, 0.717) is 21.7 Å². The van der Waals surface area contributed by atoms with Crippen molar-refractivity contribution < 1.29 is 20.1 Å². The number of fused-ring (bicyclic) bond motifs is 3. The Labute approximate surface area is 114 Å². The van der Waals surface area contributed by atoms with Crippen molar-refractivity contribution in [1.29, 1.82) is 0 Å². The van der Waals surface area contributed by atoms with E-state index < -0.39 is 14.2 Å². The topological polar surface area (TPSA) is 107 Å². The van der Waals surface area contributed by atoms with Gasteiger partial charge >= 0.3 is 14.2 Å². The van der Waals surface area contributed by atoms with Crippen molar-refractivity contribution in [3.8, 4) is 0 Å². The van der Waals surface area contributed by atoms with Crippen LogP contribution in [0.2, 0.25) is 0 Å². The van der Waals surface area contributed by atoms with Crippen molar-refractivity contribution in [2.24, 2.45) is 0 Å². The highest BCUT2D eigenvalue weighted by molar-refractivity contribution is 6.76. The second-order valence-electron chi connectivity index (χ2n) is 4.41. The minimum atomic E-state index is -1.84. The molecule has 4 N–H and O–H groups in total. The van der Waals surface area contributed by atoms with Gasteiger partial charge in [0.05, 0.1) is 6.20 Å². The Morgan fingerprint density at radius 1 is 0.750 bits per heavy atom. The van der Waals surface area contributed by atoms with E-state index in [2.05, 4.69) is 10.2 Å². The highest BCUT2D eigenvalue weighted by Gasteiger charge is 2.29. The van der Waals surface area contributed by atoms with Gasteiger partial charge in [-0.25, -0.2) is 0 Å². The average Bonchev–Trinajstić information content (AvgIpc) is 2.45. The molecule has 0 saturated heterocycles. The quantitative estimate of drug-likeness (QED) is 0.321. The van der Waals surface area contributed by atoms with Crippen LogP contribution in [-0.2, 0) is 0 Å². The van der Waals surface area contributed by atoms with Crippen LogP contribution in [0.1, 0.15) is 0 Å². The molecule has 1 aromatic heterocycles. The molecule has 0 radical (unpaired) electrons. The minimum Gasteiger partial charge on any atom is -0.423 e. The summed E-state index contributed by atoms with van der Waals surface area (Å²) in [6.07, 6.45) is 1.41. The summed E-state index contributed by atoms with van der Waals surface area (Å²) in [5.74, 6) is 0. The van der Waals surface area contributed by atoms with Crippen molar-refractivity contribution in [3.05, 3.63) is 36.5 Å². The molecule has 0 fully saturated rings. The van der Waals surface area contributed by atoms with Crippen LogP contribution in [0.4, 0.5) is 0 Å². The second kappa shape index (κ2) is 4.84. The van der Waals surface area contributed by atoms with Crippen LogP contribution in [0, 0.1) is 0 Å². The first-order valence-corrected chi connectivity index (χ1v) is 5.99. The maximum atomic E-state index is 9.61. The third-order valence-electron chi connectivity index (χ3n) is 3.29. The number of aromatic nitrogens is 2. The van der Waals surface area contributed by atoms with Crippen molar-refractivity contribution in [1.82, 2.24) is 10.2 Å². The molecule has 0 atom stereocenters. The summed E-state index contributed by atoms with van der Waals surface area (Å²) in [4.78, 5) is 0. The van der Waals surface area contributed by atoms with E-state index in [1.54, 1.807) is 30.3 Å². The van der Waals surface area contributed by atoms with Crippen molar-refractivity contribution in [2.75, 3.05) is 0 Å². The molecule has 2 aromatic carbocycles. The summed E-state index contributed by atoms with van der Waals surface area (Å²) < 4.78 is 0. The molecular formula is C12H10B2N2O4. The number of hydrogen-bond acceptors (Lipinski definition) is 6. The van der Waals surface area contributed by atoms with Crippen LogP contribution >= 0.6 is 0 Å². The van der Waals surface area contributed by atoms with E-state index >= 15 is 0 Å². The number of benzene rings is 2. The first-order chi connectivity index (χ1) is 9.61. The Balaban J connectivity index is 2.62. The Bertz CT molecular complexity index is 728. The van der Waals surface area contributed by atoms with Crippen LogP contribution < -0.4 is 10.9 Å². The number of rotatable bonds is 2. The summed E-state index contributed by atoms with van der Waals surface area (Å²) in [5.41, 5.74) is 0.579. The first kappa shape index (κ1) is 13.0. The molecule has 0 aliphatic heterocycles. The van der Waals surface area contributed by atoms with Crippen LogP contribution in [0.15, 0.2) is 36.5 Å². The van der Waals surface area contributed by atoms with Crippen LogP contribution in [0.25, 0.3) is 21.7 Å². The third kappa shape index (κ3) is 1.86. The van der Waals surface area contributed by atoms with Gasteiger partial charge in [-0.3, -0.25) is 0 Å². The molecule has 0 saturated carbocycles. The van der Waals surface area contributed by atoms with Gasteiger partial charge in [-0.2, -0.15) is 5.10 Å². The molecule has 0 unspecified atom stereocenters. The molecule has 3 aromatic rings. The van der Waals surface area contributed by atoms with Gasteiger partial charge in [0, 0.05) is 10.8 Å². The molecule has 0 bridgehead atoms. The lowest BCUT2D eigenvalue weighted by molar-refractivity contribution is 0.420. The fourth-order valence-corrected chi connectivity index (χ4v) is 2.52. The van der Waals surface area contributed by atoms with E-state index in [0.717, 1.165) is 0 Å². The first-order valence-electron chi connectivity index (χ1n) is 5.99. The lowest BCUT2D eigenvalue weighted by Gasteiger charge is -2.15. The predicted octanol–water partition coefficient (Wildman–Crippen LogP) is -1.86. The maximum Gasteiger partial charge on any atom is 0.488 e. The van der Waals surface area contributed by atoms with Crippen LogP contribution in [0.5, 0.6) is 0 Å². The van der Waals surface area contributed by atoms with Gasteiger partial charge in [-0.15, -0.1) is 5.10 Å². The highest BCUT2D eigenvalue weighted by atomic mass is 16.4. The van der Waals surface area contributed by atoms with Gasteiger partial charge < -0.3 is 20.1 Å². The summed E-state index contributed by atoms with van der Waals surface area (Å²) in [7, 11) is -3.67. The summed E-state index contributed by atoms with van der Waals surface area (Å²) in [6, 6.07) is 8.52. The molecule has 6 nitrogen and oxygen atoms in total. The Morgan fingerprint density at radius 2 is 1.35 bits per heavy atom. The molecule has 0 amide bonds. The van der Waals surface area contributed by atoms with E-state index in [1.165, 1.54) is 6.20 Å².